The molecule has 0 aromatic carbocycles. The zero-order chi connectivity index (χ0) is 14.9. The first-order valence-corrected chi connectivity index (χ1v) is 7.66. The molecule has 112 valence electrons. The topological polar surface area (TPSA) is 46.3 Å². The van der Waals surface area contributed by atoms with E-state index in [1.54, 1.807) is 0 Å². The van der Waals surface area contributed by atoms with Gasteiger partial charge in [-0.3, -0.25) is 4.79 Å². The van der Waals surface area contributed by atoms with Gasteiger partial charge >= 0.3 is 0 Å². The Hall–Kier alpha value is -1.84. The summed E-state index contributed by atoms with van der Waals surface area (Å²) < 4.78 is 5.47. The summed E-state index contributed by atoms with van der Waals surface area (Å²) in [7, 11) is 0. The summed E-state index contributed by atoms with van der Waals surface area (Å²) in [5.74, 6) is 0.921. The lowest BCUT2D eigenvalue weighted by molar-refractivity contribution is -0.129. The Kier molecular flexibility index (Phi) is 3.70. The van der Waals surface area contributed by atoms with E-state index in [1.165, 1.54) is 6.08 Å². The smallest absolute Gasteiger partial charge is 0.246 e. The summed E-state index contributed by atoms with van der Waals surface area (Å²) in [4.78, 5) is 14.0. The second kappa shape index (κ2) is 5.51. The average molecular weight is 286 g/mol. The van der Waals surface area contributed by atoms with Crippen LogP contribution in [-0.4, -0.2) is 22.0 Å². The number of amides is 1. The van der Waals surface area contributed by atoms with E-state index >= 15 is 0 Å². The van der Waals surface area contributed by atoms with Crippen molar-refractivity contribution in [2.75, 3.05) is 0 Å². The van der Waals surface area contributed by atoms with Crippen LogP contribution >= 0.6 is 0 Å². The van der Waals surface area contributed by atoms with E-state index in [1.807, 2.05) is 11.0 Å². The lowest BCUT2D eigenvalue weighted by Gasteiger charge is -2.31. The summed E-state index contributed by atoms with van der Waals surface area (Å²) in [6, 6.07) is 2.24. The zero-order valence-electron chi connectivity index (χ0n) is 12.5. The van der Waals surface area contributed by atoms with E-state index in [9.17, 15) is 4.79 Å². The summed E-state index contributed by atoms with van der Waals surface area (Å²) in [6.07, 6.45) is 11.0. The molecular weight excluding hydrogens is 264 g/mol. The highest BCUT2D eigenvalue weighted by atomic mass is 16.5. The average Bonchev–Trinajstić information content (AvgIpc) is 3.09. The largest absolute Gasteiger partial charge is 0.360 e. The van der Waals surface area contributed by atoms with Crippen LogP contribution in [-0.2, 0) is 16.8 Å². The molecule has 1 aromatic rings. The van der Waals surface area contributed by atoms with E-state index < -0.39 is 0 Å². The zero-order valence-corrected chi connectivity index (χ0v) is 12.5. The fourth-order valence-corrected chi connectivity index (χ4v) is 2.84. The summed E-state index contributed by atoms with van der Waals surface area (Å²) in [5, 5.41) is 4.15. The minimum Gasteiger partial charge on any atom is -0.360 e. The number of allylic oxidation sites excluding steroid dienone is 1. The Labute approximate surface area is 125 Å². The minimum absolute atomic E-state index is 0.0301. The van der Waals surface area contributed by atoms with Gasteiger partial charge in [0.05, 0.1) is 6.54 Å². The molecule has 0 N–H and O–H groups in total. The van der Waals surface area contributed by atoms with Crippen molar-refractivity contribution in [2.24, 2.45) is 0 Å². The molecule has 1 unspecified atom stereocenters. The maximum atomic E-state index is 12.2. The first kappa shape index (κ1) is 14.1. The third-order valence-electron chi connectivity index (χ3n) is 4.63. The number of rotatable bonds is 5. The van der Waals surface area contributed by atoms with E-state index in [4.69, 9.17) is 4.52 Å². The second-order valence-electron chi connectivity index (χ2n) is 6.35. The molecule has 0 radical (unpaired) electrons. The number of aromatic nitrogens is 1. The van der Waals surface area contributed by atoms with Crippen molar-refractivity contribution in [2.45, 2.75) is 57.0 Å². The standard InChI is InChI=1S/C17H22N2O2/c1-3-16(20)19(14-7-5-4-6-8-14)12-13-11-15(21-18-13)17(2)9-10-17/h3-5,11,14H,1,6-10,12H2,2H3. The molecule has 0 aliphatic heterocycles. The molecule has 1 aromatic heterocycles. The Morgan fingerprint density at radius 2 is 2.38 bits per heavy atom. The quantitative estimate of drug-likeness (QED) is 0.616. The van der Waals surface area contributed by atoms with Crippen LogP contribution in [0.25, 0.3) is 0 Å². The normalized spacial score (nSPS) is 22.8. The van der Waals surface area contributed by atoms with Gasteiger partial charge < -0.3 is 9.42 Å². The Balaban J connectivity index is 1.74. The predicted octanol–water partition coefficient (Wildman–Crippen LogP) is 3.35. The van der Waals surface area contributed by atoms with Gasteiger partial charge in [-0.05, 0) is 38.2 Å². The number of carbonyl (C=O) groups is 1. The number of nitrogens with zero attached hydrogens (tertiary/aromatic N) is 2. The molecule has 0 saturated heterocycles. The van der Waals surface area contributed by atoms with Crippen LogP contribution in [0.15, 0.2) is 35.4 Å². The lowest BCUT2D eigenvalue weighted by atomic mass is 9.99. The highest BCUT2D eigenvalue weighted by Crippen LogP contribution is 2.47. The van der Waals surface area contributed by atoms with Gasteiger partial charge in [-0.15, -0.1) is 0 Å². The Morgan fingerprint density at radius 1 is 1.57 bits per heavy atom. The van der Waals surface area contributed by atoms with Crippen LogP contribution in [0.3, 0.4) is 0 Å². The predicted molar refractivity (Wildman–Crippen MR) is 80.6 cm³/mol. The molecule has 1 amide bonds. The van der Waals surface area contributed by atoms with Crippen LogP contribution in [0.4, 0.5) is 0 Å². The molecule has 4 nitrogen and oxygen atoms in total. The maximum absolute atomic E-state index is 12.2. The summed E-state index contributed by atoms with van der Waals surface area (Å²) in [6.45, 7) is 6.31. The van der Waals surface area contributed by atoms with Gasteiger partial charge in [0, 0.05) is 17.5 Å². The van der Waals surface area contributed by atoms with Crippen molar-refractivity contribution in [3.63, 3.8) is 0 Å². The highest BCUT2D eigenvalue weighted by Gasteiger charge is 2.43. The molecule has 1 saturated carbocycles. The van der Waals surface area contributed by atoms with Crippen molar-refractivity contribution in [1.82, 2.24) is 10.1 Å². The summed E-state index contributed by atoms with van der Waals surface area (Å²) in [5.41, 5.74) is 1.01. The molecule has 21 heavy (non-hydrogen) atoms. The molecule has 2 aliphatic carbocycles. The maximum Gasteiger partial charge on any atom is 0.246 e. The van der Waals surface area contributed by atoms with Crippen LogP contribution < -0.4 is 0 Å². The molecule has 1 atom stereocenters. The van der Waals surface area contributed by atoms with Crippen LogP contribution in [0.1, 0.15) is 50.5 Å². The monoisotopic (exact) mass is 286 g/mol. The SMILES string of the molecule is C=CC(=O)N(Cc1cc(C2(C)CC2)on1)C1CC=CCC1. The molecule has 1 heterocycles. The molecular formula is C17H22N2O2. The van der Waals surface area contributed by atoms with Gasteiger partial charge in [0.2, 0.25) is 5.91 Å². The van der Waals surface area contributed by atoms with Crippen molar-refractivity contribution in [1.29, 1.82) is 0 Å². The van der Waals surface area contributed by atoms with Gasteiger partial charge in [-0.25, -0.2) is 0 Å². The minimum atomic E-state index is -0.0301. The van der Waals surface area contributed by atoms with Gasteiger partial charge in [-0.1, -0.05) is 30.8 Å². The Bertz CT molecular complexity index is 569. The molecule has 0 spiro atoms. The lowest BCUT2D eigenvalue weighted by Crippen LogP contribution is -2.39. The van der Waals surface area contributed by atoms with Crippen LogP contribution in [0, 0.1) is 0 Å². The van der Waals surface area contributed by atoms with Gasteiger partial charge in [-0.2, -0.15) is 0 Å². The van der Waals surface area contributed by atoms with E-state index in [-0.39, 0.29) is 17.4 Å². The van der Waals surface area contributed by atoms with E-state index in [2.05, 4.69) is 30.8 Å². The van der Waals surface area contributed by atoms with Crippen molar-refractivity contribution < 1.29 is 9.32 Å². The molecule has 3 rings (SSSR count). The second-order valence-corrected chi connectivity index (χ2v) is 6.35. The molecule has 1 fully saturated rings. The van der Waals surface area contributed by atoms with Crippen LogP contribution in [0.5, 0.6) is 0 Å². The van der Waals surface area contributed by atoms with Crippen LogP contribution in [0.2, 0.25) is 0 Å². The third-order valence-corrected chi connectivity index (χ3v) is 4.63. The van der Waals surface area contributed by atoms with Crippen molar-refractivity contribution >= 4 is 5.91 Å². The molecule has 4 heteroatoms. The fourth-order valence-electron chi connectivity index (χ4n) is 2.84. The first-order valence-electron chi connectivity index (χ1n) is 7.66. The van der Waals surface area contributed by atoms with Gasteiger partial charge in [0.25, 0.3) is 0 Å². The third kappa shape index (κ3) is 2.94. The van der Waals surface area contributed by atoms with Gasteiger partial charge in [0.15, 0.2) is 0 Å². The Morgan fingerprint density at radius 3 is 3.00 bits per heavy atom. The number of hydrogen-bond acceptors (Lipinski definition) is 3. The number of hydrogen-bond donors (Lipinski definition) is 0. The first-order chi connectivity index (χ1) is 10.1. The fraction of sp³-hybridized carbons (Fsp3) is 0.529. The highest BCUT2D eigenvalue weighted by molar-refractivity contribution is 5.87. The number of carbonyl (C=O) groups excluding carboxylic acids is 1. The molecule has 2 aliphatic rings. The summed E-state index contributed by atoms with van der Waals surface area (Å²) >= 11 is 0. The van der Waals surface area contributed by atoms with E-state index in [0.29, 0.717) is 6.54 Å². The van der Waals surface area contributed by atoms with Crippen molar-refractivity contribution in [3.05, 3.63) is 42.3 Å². The van der Waals surface area contributed by atoms with Gasteiger partial charge in [0.1, 0.15) is 11.5 Å². The molecule has 0 bridgehead atoms. The van der Waals surface area contributed by atoms with E-state index in [0.717, 1.165) is 43.6 Å². The van der Waals surface area contributed by atoms with Crippen molar-refractivity contribution in [3.8, 4) is 0 Å².